The molecule has 94 valence electrons. The molecule has 2 aromatic rings. The smallest absolute Gasteiger partial charge is 0.248 e. The standard InChI is InChI=1S/C13H16N4O/c1-16(2)9-12-15-7-8-17(12)11-5-3-10(4-6-11)13(14)18/h3-8H,9H2,1-2H3,(H2,14,18). The van der Waals surface area contributed by atoms with Crippen LogP contribution in [-0.4, -0.2) is 34.5 Å². The Morgan fingerprint density at radius 3 is 2.56 bits per heavy atom. The average molecular weight is 244 g/mol. The van der Waals surface area contributed by atoms with Gasteiger partial charge in [0.1, 0.15) is 5.82 Å². The molecule has 0 bridgehead atoms. The minimum absolute atomic E-state index is 0.416. The highest BCUT2D eigenvalue weighted by Gasteiger charge is 2.06. The molecule has 0 aliphatic carbocycles. The molecule has 0 fully saturated rings. The molecule has 0 atom stereocenters. The van der Waals surface area contributed by atoms with Crippen LogP contribution in [0.3, 0.4) is 0 Å². The van der Waals surface area contributed by atoms with Crippen molar-refractivity contribution >= 4 is 5.91 Å². The second kappa shape index (κ2) is 5.01. The van der Waals surface area contributed by atoms with Crippen molar-refractivity contribution in [2.45, 2.75) is 6.54 Å². The van der Waals surface area contributed by atoms with Gasteiger partial charge in [-0.1, -0.05) is 0 Å². The second-order valence-electron chi connectivity index (χ2n) is 4.36. The number of primary amides is 1. The third-order valence-corrected chi connectivity index (χ3v) is 2.61. The predicted octanol–water partition coefficient (Wildman–Crippen LogP) is 1.03. The number of carbonyl (C=O) groups is 1. The molecule has 5 heteroatoms. The Hall–Kier alpha value is -2.14. The van der Waals surface area contributed by atoms with E-state index in [1.165, 1.54) is 0 Å². The van der Waals surface area contributed by atoms with Crippen molar-refractivity contribution in [3.8, 4) is 5.69 Å². The van der Waals surface area contributed by atoms with Crippen molar-refractivity contribution in [2.24, 2.45) is 5.73 Å². The van der Waals surface area contributed by atoms with Crippen LogP contribution in [0.4, 0.5) is 0 Å². The van der Waals surface area contributed by atoms with Gasteiger partial charge in [-0.3, -0.25) is 4.79 Å². The third kappa shape index (κ3) is 2.57. The lowest BCUT2D eigenvalue weighted by Crippen LogP contribution is -2.15. The number of aromatic nitrogens is 2. The van der Waals surface area contributed by atoms with Crippen molar-refractivity contribution in [3.63, 3.8) is 0 Å². The summed E-state index contributed by atoms with van der Waals surface area (Å²) in [5.74, 6) is 0.535. The molecule has 0 unspecified atom stereocenters. The van der Waals surface area contributed by atoms with Crippen molar-refractivity contribution in [2.75, 3.05) is 14.1 Å². The fourth-order valence-corrected chi connectivity index (χ4v) is 1.76. The van der Waals surface area contributed by atoms with Gasteiger partial charge in [-0.05, 0) is 38.4 Å². The van der Waals surface area contributed by atoms with Crippen LogP contribution in [0.25, 0.3) is 5.69 Å². The molecule has 0 saturated carbocycles. The van der Waals surface area contributed by atoms with Crippen molar-refractivity contribution in [1.29, 1.82) is 0 Å². The SMILES string of the molecule is CN(C)Cc1nccn1-c1ccc(C(N)=O)cc1. The van der Waals surface area contributed by atoms with E-state index in [0.717, 1.165) is 18.1 Å². The first kappa shape index (κ1) is 12.3. The lowest BCUT2D eigenvalue weighted by Gasteiger charge is -2.12. The average Bonchev–Trinajstić information content (AvgIpc) is 2.76. The Bertz CT molecular complexity index is 542. The van der Waals surface area contributed by atoms with Gasteiger partial charge in [0.2, 0.25) is 5.91 Å². The number of benzene rings is 1. The van der Waals surface area contributed by atoms with Gasteiger partial charge in [0.15, 0.2) is 0 Å². The van der Waals surface area contributed by atoms with Crippen LogP contribution in [0.15, 0.2) is 36.7 Å². The van der Waals surface area contributed by atoms with Crippen LogP contribution in [-0.2, 0) is 6.54 Å². The molecular weight excluding hydrogens is 228 g/mol. The molecule has 0 spiro atoms. The number of hydrogen-bond acceptors (Lipinski definition) is 3. The van der Waals surface area contributed by atoms with E-state index < -0.39 is 5.91 Å². The molecule has 1 amide bonds. The summed E-state index contributed by atoms with van der Waals surface area (Å²) in [6, 6.07) is 7.16. The Morgan fingerprint density at radius 1 is 1.33 bits per heavy atom. The van der Waals surface area contributed by atoms with Gasteiger partial charge in [0, 0.05) is 23.6 Å². The van der Waals surface area contributed by atoms with E-state index in [0.29, 0.717) is 5.56 Å². The van der Waals surface area contributed by atoms with Crippen molar-refractivity contribution in [1.82, 2.24) is 14.5 Å². The van der Waals surface area contributed by atoms with Crippen molar-refractivity contribution < 1.29 is 4.79 Å². The van der Waals surface area contributed by atoms with Crippen molar-refractivity contribution in [3.05, 3.63) is 48.0 Å². The number of amides is 1. The summed E-state index contributed by atoms with van der Waals surface area (Å²) in [6.45, 7) is 0.755. The molecule has 5 nitrogen and oxygen atoms in total. The Kier molecular flexibility index (Phi) is 3.43. The monoisotopic (exact) mass is 244 g/mol. The van der Waals surface area contributed by atoms with Gasteiger partial charge in [-0.15, -0.1) is 0 Å². The molecule has 0 aliphatic rings. The van der Waals surface area contributed by atoms with Gasteiger partial charge < -0.3 is 15.2 Å². The largest absolute Gasteiger partial charge is 0.366 e. The topological polar surface area (TPSA) is 64.2 Å². The van der Waals surface area contributed by atoms with Crippen LogP contribution >= 0.6 is 0 Å². The summed E-state index contributed by atoms with van der Waals surface area (Å²) in [6.07, 6.45) is 3.67. The van der Waals surface area contributed by atoms with Crippen LogP contribution < -0.4 is 5.73 Å². The lowest BCUT2D eigenvalue weighted by atomic mass is 10.2. The number of nitrogens with zero attached hydrogens (tertiary/aromatic N) is 3. The number of rotatable bonds is 4. The summed E-state index contributed by atoms with van der Waals surface area (Å²) in [7, 11) is 3.99. The quantitative estimate of drug-likeness (QED) is 0.873. The van der Waals surface area contributed by atoms with Gasteiger partial charge in [0.25, 0.3) is 0 Å². The van der Waals surface area contributed by atoms with E-state index >= 15 is 0 Å². The molecular formula is C13H16N4O. The summed E-state index contributed by atoms with van der Waals surface area (Å²) in [5, 5.41) is 0. The minimum Gasteiger partial charge on any atom is -0.366 e. The van der Waals surface area contributed by atoms with Gasteiger partial charge in [0.05, 0.1) is 6.54 Å². The van der Waals surface area contributed by atoms with E-state index in [1.54, 1.807) is 18.3 Å². The predicted molar refractivity (Wildman–Crippen MR) is 69.5 cm³/mol. The zero-order valence-electron chi connectivity index (χ0n) is 10.5. The zero-order valence-corrected chi connectivity index (χ0v) is 10.5. The highest BCUT2D eigenvalue weighted by atomic mass is 16.1. The van der Waals surface area contributed by atoms with E-state index in [4.69, 9.17) is 5.73 Å². The molecule has 18 heavy (non-hydrogen) atoms. The molecule has 1 aromatic carbocycles. The highest BCUT2D eigenvalue weighted by Crippen LogP contribution is 2.12. The summed E-state index contributed by atoms with van der Waals surface area (Å²) in [4.78, 5) is 17.4. The van der Waals surface area contributed by atoms with Crippen LogP contribution in [0.5, 0.6) is 0 Å². The summed E-state index contributed by atoms with van der Waals surface area (Å²) >= 11 is 0. The first-order valence-corrected chi connectivity index (χ1v) is 5.65. The Morgan fingerprint density at radius 2 is 2.00 bits per heavy atom. The maximum atomic E-state index is 11.0. The molecule has 1 aromatic heterocycles. The first-order valence-electron chi connectivity index (χ1n) is 5.65. The fourth-order valence-electron chi connectivity index (χ4n) is 1.76. The summed E-state index contributed by atoms with van der Waals surface area (Å²) in [5.41, 5.74) is 6.69. The Labute approximate surface area is 106 Å². The molecule has 1 heterocycles. The molecule has 2 N–H and O–H groups in total. The van der Waals surface area contributed by atoms with E-state index in [1.807, 2.05) is 37.0 Å². The van der Waals surface area contributed by atoms with E-state index in [2.05, 4.69) is 9.88 Å². The maximum absolute atomic E-state index is 11.0. The molecule has 2 rings (SSSR count). The lowest BCUT2D eigenvalue weighted by molar-refractivity contribution is 0.100. The maximum Gasteiger partial charge on any atom is 0.248 e. The second-order valence-corrected chi connectivity index (χ2v) is 4.36. The van der Waals surface area contributed by atoms with Gasteiger partial charge >= 0.3 is 0 Å². The number of hydrogen-bond donors (Lipinski definition) is 1. The highest BCUT2D eigenvalue weighted by molar-refractivity contribution is 5.92. The number of carbonyl (C=O) groups excluding carboxylic acids is 1. The summed E-state index contributed by atoms with van der Waals surface area (Å²) < 4.78 is 1.99. The van der Waals surface area contributed by atoms with E-state index in [-0.39, 0.29) is 0 Å². The van der Waals surface area contributed by atoms with Crippen LogP contribution in [0, 0.1) is 0 Å². The molecule has 0 aliphatic heterocycles. The van der Waals surface area contributed by atoms with Gasteiger partial charge in [-0.2, -0.15) is 0 Å². The third-order valence-electron chi connectivity index (χ3n) is 2.61. The zero-order chi connectivity index (χ0) is 13.1. The molecule has 0 saturated heterocycles. The molecule has 0 radical (unpaired) electrons. The van der Waals surface area contributed by atoms with Crippen LogP contribution in [0.1, 0.15) is 16.2 Å². The normalized spacial score (nSPS) is 10.8. The first-order chi connectivity index (χ1) is 8.58. The van der Waals surface area contributed by atoms with Gasteiger partial charge in [-0.25, -0.2) is 4.98 Å². The fraction of sp³-hybridized carbons (Fsp3) is 0.231. The van der Waals surface area contributed by atoms with Crippen LogP contribution in [0.2, 0.25) is 0 Å². The minimum atomic E-state index is -0.416. The number of nitrogens with two attached hydrogens (primary N) is 1. The van der Waals surface area contributed by atoms with E-state index in [9.17, 15) is 4.79 Å². The number of imidazole rings is 1. The Balaban J connectivity index is 2.31.